The van der Waals surface area contributed by atoms with Crippen LogP contribution in [0.5, 0.6) is 0 Å². The summed E-state index contributed by atoms with van der Waals surface area (Å²) in [7, 11) is -13.4. The Morgan fingerprint density at radius 1 is 0.710 bits per heavy atom. The van der Waals surface area contributed by atoms with Crippen molar-refractivity contribution >= 4 is 68.4 Å². The van der Waals surface area contributed by atoms with Crippen LogP contribution in [0.2, 0.25) is 0 Å². The van der Waals surface area contributed by atoms with Crippen LogP contribution in [0.25, 0.3) is 32.3 Å². The first kappa shape index (κ1) is 21.6. The van der Waals surface area contributed by atoms with Gasteiger partial charge in [0.25, 0.3) is 20.2 Å². The number of benzene rings is 4. The molecule has 0 amide bonds. The molecule has 164 valence electrons. The van der Waals surface area contributed by atoms with Gasteiger partial charge in [-0.15, -0.1) is 4.33 Å². The highest BCUT2D eigenvalue weighted by molar-refractivity contribution is 7.87. The third kappa shape index (κ3) is 3.28. The van der Waals surface area contributed by atoms with Gasteiger partial charge in [0.05, 0.1) is 7.11 Å². The van der Waals surface area contributed by atoms with E-state index in [0.29, 0.717) is 6.07 Å². The monoisotopic (exact) mass is 487 g/mol. The third-order valence-corrected chi connectivity index (χ3v) is 7.78. The van der Waals surface area contributed by atoms with Gasteiger partial charge in [0.15, 0.2) is 0 Å². The second-order valence-corrected chi connectivity index (χ2v) is 10.8. The van der Waals surface area contributed by atoms with Gasteiger partial charge >= 0.3 is 10.1 Å². The normalized spacial score (nSPS) is 13.5. The molecule has 0 fully saturated rings. The molecule has 0 aliphatic rings. The molecule has 0 aliphatic heterocycles. The summed E-state index contributed by atoms with van der Waals surface area (Å²) in [5.74, 6) is 0. The van der Waals surface area contributed by atoms with Crippen molar-refractivity contribution in [3.63, 3.8) is 0 Å². The summed E-state index contributed by atoms with van der Waals surface area (Å²) in [5, 5.41) is 0.128. The highest BCUT2D eigenvalue weighted by Crippen LogP contribution is 2.44. The van der Waals surface area contributed by atoms with Crippen LogP contribution in [0.4, 0.5) is 5.69 Å². The Kier molecular flexibility index (Phi) is 4.68. The maximum Gasteiger partial charge on any atom is 0.323 e. The number of nitrogen functional groups attached to an aromatic ring is 1. The quantitative estimate of drug-likeness (QED) is 0.123. The molecule has 0 radical (unpaired) electrons. The van der Waals surface area contributed by atoms with E-state index in [1.54, 1.807) is 0 Å². The Bertz CT molecular complexity index is 1710. The molecule has 0 unspecified atom stereocenters. The van der Waals surface area contributed by atoms with Crippen LogP contribution in [0.3, 0.4) is 0 Å². The van der Waals surface area contributed by atoms with E-state index in [1.165, 1.54) is 24.3 Å². The van der Waals surface area contributed by atoms with Gasteiger partial charge in [-0.25, -0.2) is 4.89 Å². The largest absolute Gasteiger partial charge is 0.398 e. The first-order valence-corrected chi connectivity index (χ1v) is 12.5. The summed E-state index contributed by atoms with van der Waals surface area (Å²) in [5.41, 5.74) is 5.89. The predicted octanol–water partition coefficient (Wildman–Crippen LogP) is 1.93. The van der Waals surface area contributed by atoms with Gasteiger partial charge < -0.3 is 5.73 Å². The van der Waals surface area contributed by atoms with Crippen LogP contribution in [-0.4, -0.2) is 41.5 Å². The molecule has 11 nitrogen and oxygen atoms in total. The molecule has 0 aromatic heterocycles. The van der Waals surface area contributed by atoms with Gasteiger partial charge in [0, 0.05) is 38.0 Å². The highest BCUT2D eigenvalue weighted by Gasteiger charge is 2.29. The molecule has 4 aromatic carbocycles. The number of hydrogen-bond acceptors (Lipinski definition) is 9. The minimum Gasteiger partial charge on any atom is -0.398 e. The SMILES string of the molecule is COOS(=O)(=O)c1cc(S(=O)(=O)O)c2ccc3c(S(=O)(=O)O)cc(N)c4ccc1c2c43. The lowest BCUT2D eigenvalue weighted by atomic mass is 9.93. The van der Waals surface area contributed by atoms with Crippen molar-refractivity contribution in [1.82, 2.24) is 0 Å². The first-order valence-electron chi connectivity index (χ1n) is 8.23. The number of rotatable bonds is 5. The summed E-state index contributed by atoms with van der Waals surface area (Å²) >= 11 is 0. The van der Waals surface area contributed by atoms with Crippen molar-refractivity contribution in [3.05, 3.63) is 36.4 Å². The maximum absolute atomic E-state index is 12.6. The zero-order valence-corrected chi connectivity index (χ0v) is 17.9. The number of anilines is 1. The van der Waals surface area contributed by atoms with E-state index >= 15 is 0 Å². The molecule has 4 rings (SSSR count). The van der Waals surface area contributed by atoms with Crippen LogP contribution < -0.4 is 5.73 Å². The average molecular weight is 487 g/mol. The first-order chi connectivity index (χ1) is 14.3. The van der Waals surface area contributed by atoms with Gasteiger partial charge in [0.1, 0.15) is 14.7 Å². The Morgan fingerprint density at radius 2 is 1.13 bits per heavy atom. The number of nitrogens with two attached hydrogens (primary N) is 1. The standard InChI is InChI=1S/C17H13NO10S3/c1-27-28-31(25,26)15-7-14(30(22,23)24)10-5-4-9-13(29(19,20)21)6-12(18)8-2-3-11(15)17(10)16(8)9/h2-7H,18H2,1H3,(H,19,20,21)(H,22,23,24). The molecule has 0 aliphatic carbocycles. The fourth-order valence-electron chi connectivity index (χ4n) is 3.68. The topological polar surface area (TPSA) is 187 Å². The Labute approximate surface area is 175 Å². The average Bonchev–Trinajstić information content (AvgIpc) is 2.64. The molecule has 14 heteroatoms. The van der Waals surface area contributed by atoms with Crippen molar-refractivity contribution in [1.29, 1.82) is 0 Å². The molecule has 0 atom stereocenters. The lowest BCUT2D eigenvalue weighted by molar-refractivity contribution is -0.172. The molecule has 4 aromatic rings. The summed E-state index contributed by atoms with van der Waals surface area (Å²) in [6.07, 6.45) is 0. The Balaban J connectivity index is 2.40. The van der Waals surface area contributed by atoms with Gasteiger partial charge in [-0.1, -0.05) is 24.3 Å². The van der Waals surface area contributed by atoms with Crippen LogP contribution in [0.15, 0.2) is 51.1 Å². The second kappa shape index (κ2) is 6.70. The molecule has 0 heterocycles. The van der Waals surface area contributed by atoms with Gasteiger partial charge in [-0.3, -0.25) is 9.11 Å². The zero-order chi connectivity index (χ0) is 22.9. The van der Waals surface area contributed by atoms with E-state index in [-0.39, 0.29) is 38.0 Å². The molecular weight excluding hydrogens is 474 g/mol. The summed E-state index contributed by atoms with van der Waals surface area (Å²) in [6, 6.07) is 6.89. The minimum atomic E-state index is -4.93. The fourth-order valence-corrected chi connectivity index (χ4v) is 6.15. The van der Waals surface area contributed by atoms with Gasteiger partial charge in [0.2, 0.25) is 0 Å². The maximum atomic E-state index is 12.6. The van der Waals surface area contributed by atoms with E-state index in [2.05, 4.69) is 9.22 Å². The van der Waals surface area contributed by atoms with Crippen LogP contribution in [-0.2, 0) is 39.6 Å². The lowest BCUT2D eigenvalue weighted by Gasteiger charge is -2.18. The number of hydrogen-bond donors (Lipinski definition) is 3. The van der Waals surface area contributed by atoms with E-state index in [0.717, 1.165) is 13.2 Å². The fraction of sp³-hybridized carbons (Fsp3) is 0.0588. The van der Waals surface area contributed by atoms with Crippen LogP contribution >= 0.6 is 0 Å². The van der Waals surface area contributed by atoms with E-state index in [1.807, 2.05) is 0 Å². The molecule has 31 heavy (non-hydrogen) atoms. The molecule has 0 bridgehead atoms. The lowest BCUT2D eigenvalue weighted by Crippen LogP contribution is -2.10. The highest BCUT2D eigenvalue weighted by atomic mass is 32.2. The van der Waals surface area contributed by atoms with E-state index in [9.17, 15) is 34.4 Å². The molecule has 4 N–H and O–H groups in total. The van der Waals surface area contributed by atoms with Crippen molar-refractivity contribution in [3.8, 4) is 0 Å². The van der Waals surface area contributed by atoms with Crippen LogP contribution in [0, 0.1) is 0 Å². The summed E-state index contributed by atoms with van der Waals surface area (Å²) in [4.78, 5) is 2.26. The smallest absolute Gasteiger partial charge is 0.323 e. The summed E-state index contributed by atoms with van der Waals surface area (Å²) < 4.78 is 96.7. The van der Waals surface area contributed by atoms with Crippen molar-refractivity contribution in [2.75, 3.05) is 12.8 Å². The summed E-state index contributed by atoms with van der Waals surface area (Å²) in [6.45, 7) is 0. The zero-order valence-electron chi connectivity index (χ0n) is 15.4. The van der Waals surface area contributed by atoms with Crippen molar-refractivity contribution in [2.45, 2.75) is 14.7 Å². The van der Waals surface area contributed by atoms with Crippen molar-refractivity contribution < 1.29 is 43.6 Å². The van der Waals surface area contributed by atoms with Gasteiger partial charge in [-0.05, 0) is 12.1 Å². The molecule has 0 saturated carbocycles. The van der Waals surface area contributed by atoms with Gasteiger partial charge in [-0.2, -0.15) is 25.3 Å². The van der Waals surface area contributed by atoms with E-state index in [4.69, 9.17) is 5.73 Å². The third-order valence-electron chi connectivity index (χ3n) is 4.80. The Hall–Kier alpha value is -2.59. The molecule has 0 spiro atoms. The minimum absolute atomic E-state index is 0.0272. The second-order valence-electron chi connectivity index (χ2n) is 6.55. The van der Waals surface area contributed by atoms with E-state index < -0.39 is 45.0 Å². The van der Waals surface area contributed by atoms with Crippen molar-refractivity contribution in [2.24, 2.45) is 0 Å². The molecular formula is C17H13NO10S3. The van der Waals surface area contributed by atoms with Crippen LogP contribution in [0.1, 0.15) is 0 Å². The Morgan fingerprint density at radius 3 is 1.61 bits per heavy atom. The molecule has 0 saturated heterocycles. The predicted molar refractivity (Wildman–Crippen MR) is 109 cm³/mol.